The van der Waals surface area contributed by atoms with E-state index in [2.05, 4.69) is 62.2 Å². The summed E-state index contributed by atoms with van der Waals surface area (Å²) in [4.78, 5) is 22.2. The Morgan fingerprint density at radius 2 is 1.84 bits per heavy atom. The maximum Gasteiger partial charge on any atom is 0.259 e. The first-order chi connectivity index (χ1) is 18.0. The smallest absolute Gasteiger partial charge is 0.259 e. The molecule has 1 heterocycles. The summed E-state index contributed by atoms with van der Waals surface area (Å²) in [6, 6.07) is 12.3. The Labute approximate surface area is 225 Å². The third kappa shape index (κ3) is 6.07. The number of thiophene rings is 1. The maximum absolute atomic E-state index is 13.7. The molecule has 3 aromatic rings. The number of hydrogen-bond acceptors (Lipinski definition) is 5. The van der Waals surface area contributed by atoms with Gasteiger partial charge in [-0.15, -0.1) is 11.3 Å². The van der Waals surface area contributed by atoms with Crippen LogP contribution < -0.4 is 15.0 Å². The van der Waals surface area contributed by atoms with Crippen molar-refractivity contribution in [3.05, 3.63) is 69.1 Å². The molecule has 196 valence electrons. The van der Waals surface area contributed by atoms with Crippen LogP contribution in [0, 0.1) is 13.8 Å². The Morgan fingerprint density at radius 3 is 2.57 bits per heavy atom. The number of aryl methyl sites for hydroxylation is 2. The molecule has 1 aromatic heterocycles. The minimum atomic E-state index is -0.0669. The number of fused-ring (bicyclic) bond motifs is 1. The van der Waals surface area contributed by atoms with Gasteiger partial charge in [0.05, 0.1) is 12.7 Å². The predicted octanol–water partition coefficient (Wildman–Crippen LogP) is 7.88. The van der Waals surface area contributed by atoms with Crippen molar-refractivity contribution in [3.63, 3.8) is 0 Å². The molecule has 0 spiro atoms. The van der Waals surface area contributed by atoms with Crippen molar-refractivity contribution in [1.82, 2.24) is 0 Å². The molecule has 1 aliphatic carbocycles. The summed E-state index contributed by atoms with van der Waals surface area (Å²) in [5.41, 5.74) is 7.07. The van der Waals surface area contributed by atoms with Gasteiger partial charge in [0.15, 0.2) is 0 Å². The fourth-order valence-corrected chi connectivity index (χ4v) is 6.25. The van der Waals surface area contributed by atoms with Crippen LogP contribution in [-0.2, 0) is 12.8 Å². The van der Waals surface area contributed by atoms with Gasteiger partial charge in [-0.3, -0.25) is 4.79 Å². The van der Waals surface area contributed by atoms with E-state index in [1.54, 1.807) is 18.4 Å². The highest BCUT2D eigenvalue weighted by Crippen LogP contribution is 2.40. The molecular weight excluding hydrogens is 478 g/mol. The second-order valence-electron chi connectivity index (χ2n) is 9.66. The van der Waals surface area contributed by atoms with Crippen LogP contribution in [0.2, 0.25) is 0 Å². The number of carbonyl (C=O) groups is 1. The molecule has 37 heavy (non-hydrogen) atoms. The van der Waals surface area contributed by atoms with Gasteiger partial charge in [0.25, 0.3) is 5.91 Å². The summed E-state index contributed by atoms with van der Waals surface area (Å²) < 4.78 is 5.72. The molecule has 0 saturated heterocycles. The number of hydrogen-bond donors (Lipinski definition) is 1. The summed E-state index contributed by atoms with van der Waals surface area (Å²) in [6.45, 7) is 10.3. The van der Waals surface area contributed by atoms with E-state index in [-0.39, 0.29) is 5.91 Å². The Bertz CT molecular complexity index is 1270. The minimum absolute atomic E-state index is 0.0669. The lowest BCUT2D eigenvalue weighted by Gasteiger charge is -2.22. The van der Waals surface area contributed by atoms with Crippen LogP contribution in [0.3, 0.4) is 0 Å². The van der Waals surface area contributed by atoms with Crippen molar-refractivity contribution in [1.29, 1.82) is 0 Å². The number of anilines is 2. The topological polar surface area (TPSA) is 53.9 Å². The van der Waals surface area contributed by atoms with E-state index < -0.39 is 0 Å². The van der Waals surface area contributed by atoms with Crippen molar-refractivity contribution in [2.24, 2.45) is 4.99 Å². The van der Waals surface area contributed by atoms with E-state index in [1.165, 1.54) is 23.3 Å². The van der Waals surface area contributed by atoms with Crippen LogP contribution in [0.25, 0.3) is 0 Å². The third-order valence-corrected chi connectivity index (χ3v) is 8.60. The number of ether oxygens (including phenoxy) is 1. The summed E-state index contributed by atoms with van der Waals surface area (Å²) in [5, 5.41) is 3.98. The van der Waals surface area contributed by atoms with Gasteiger partial charge in [0.2, 0.25) is 0 Å². The zero-order valence-corrected chi connectivity index (χ0v) is 23.6. The first kappa shape index (κ1) is 26.9. The first-order valence-corrected chi connectivity index (χ1v) is 14.3. The molecule has 1 amide bonds. The molecule has 0 atom stereocenters. The molecule has 6 heteroatoms. The van der Waals surface area contributed by atoms with Crippen LogP contribution >= 0.6 is 11.3 Å². The normalized spacial score (nSPS) is 13.6. The molecule has 0 unspecified atom stereocenters. The zero-order valence-electron chi connectivity index (χ0n) is 22.8. The molecular formula is C31H39N3O2S. The van der Waals surface area contributed by atoms with Gasteiger partial charge in [0, 0.05) is 47.2 Å². The molecule has 5 nitrogen and oxygen atoms in total. The van der Waals surface area contributed by atoms with Crippen molar-refractivity contribution in [3.8, 4) is 5.75 Å². The highest BCUT2D eigenvalue weighted by atomic mass is 32.1. The Morgan fingerprint density at radius 1 is 1.08 bits per heavy atom. The number of methoxy groups -OCH3 is 1. The molecule has 1 N–H and O–H groups in total. The molecule has 0 radical (unpaired) electrons. The van der Waals surface area contributed by atoms with Crippen LogP contribution in [0.1, 0.15) is 77.0 Å². The third-order valence-electron chi connectivity index (χ3n) is 7.40. The highest BCUT2D eigenvalue weighted by Gasteiger charge is 2.24. The lowest BCUT2D eigenvalue weighted by molar-refractivity contribution is 0.102. The monoisotopic (exact) mass is 517 g/mol. The molecule has 4 rings (SSSR count). The summed E-state index contributed by atoms with van der Waals surface area (Å²) >= 11 is 1.67. The zero-order chi connectivity index (χ0) is 26.4. The minimum Gasteiger partial charge on any atom is -0.496 e. The van der Waals surface area contributed by atoms with Crippen LogP contribution in [0.4, 0.5) is 16.4 Å². The maximum atomic E-state index is 13.7. The fraction of sp³-hybridized carbons (Fsp3) is 0.419. The number of aliphatic imine (C=N–C) groups is 1. The standard InChI is InChI=1S/C31H39N3O2S/c1-6-34(7-2)24-18-17-23(27(19-24)36-5)20-32-31-29(25-14-10-8-9-11-16-28(25)37-31)30(35)33-26-15-12-13-21(3)22(26)4/h12-13,15,17-20H,6-11,14,16H2,1-5H3,(H,33,35). The summed E-state index contributed by atoms with van der Waals surface area (Å²) in [6.07, 6.45) is 8.52. The average Bonchev–Trinajstić information content (AvgIpc) is 3.22. The molecule has 0 saturated carbocycles. The number of carbonyl (C=O) groups excluding carboxylic acids is 1. The molecule has 0 aliphatic heterocycles. The molecule has 2 aromatic carbocycles. The van der Waals surface area contributed by atoms with Gasteiger partial charge in [-0.2, -0.15) is 0 Å². The summed E-state index contributed by atoms with van der Waals surface area (Å²) in [5.74, 6) is 0.715. The largest absolute Gasteiger partial charge is 0.496 e. The quantitative estimate of drug-likeness (QED) is 0.309. The van der Waals surface area contributed by atoms with E-state index in [0.29, 0.717) is 0 Å². The molecule has 0 bridgehead atoms. The molecule has 0 fully saturated rings. The van der Waals surface area contributed by atoms with Gasteiger partial charge in [-0.1, -0.05) is 25.0 Å². The highest BCUT2D eigenvalue weighted by molar-refractivity contribution is 7.16. The van der Waals surface area contributed by atoms with E-state index in [9.17, 15) is 4.79 Å². The number of amides is 1. The van der Waals surface area contributed by atoms with Gasteiger partial charge in [-0.25, -0.2) is 4.99 Å². The second-order valence-corrected chi connectivity index (χ2v) is 10.7. The van der Waals surface area contributed by atoms with Gasteiger partial charge >= 0.3 is 0 Å². The summed E-state index contributed by atoms with van der Waals surface area (Å²) in [7, 11) is 1.69. The Hall–Kier alpha value is -3.12. The lowest BCUT2D eigenvalue weighted by Crippen LogP contribution is -2.21. The first-order valence-electron chi connectivity index (χ1n) is 13.5. The van der Waals surface area contributed by atoms with E-state index in [0.717, 1.165) is 83.2 Å². The van der Waals surface area contributed by atoms with Crippen molar-refractivity contribution in [2.75, 3.05) is 30.4 Å². The Balaban J connectivity index is 1.72. The van der Waals surface area contributed by atoms with Crippen molar-refractivity contribution in [2.45, 2.75) is 66.2 Å². The van der Waals surface area contributed by atoms with E-state index in [1.807, 2.05) is 18.3 Å². The number of rotatable bonds is 8. The fourth-order valence-electron chi connectivity index (χ4n) is 5.02. The van der Waals surface area contributed by atoms with Crippen molar-refractivity contribution >= 4 is 39.8 Å². The number of nitrogens with zero attached hydrogens (tertiary/aromatic N) is 2. The van der Waals surface area contributed by atoms with Gasteiger partial charge in [0.1, 0.15) is 10.8 Å². The van der Waals surface area contributed by atoms with Gasteiger partial charge < -0.3 is 15.0 Å². The van der Waals surface area contributed by atoms with Gasteiger partial charge in [-0.05, 0) is 88.3 Å². The predicted molar refractivity (Wildman–Crippen MR) is 158 cm³/mol. The SMILES string of the molecule is CCN(CC)c1ccc(C=Nc2sc3c(c2C(=O)Nc2cccc(C)c2C)CCCCCC3)c(OC)c1. The van der Waals surface area contributed by atoms with E-state index >= 15 is 0 Å². The Kier molecular flexibility index (Phi) is 9.04. The average molecular weight is 518 g/mol. The second kappa shape index (κ2) is 12.4. The van der Waals surface area contributed by atoms with E-state index in [4.69, 9.17) is 9.73 Å². The number of benzene rings is 2. The van der Waals surface area contributed by atoms with Crippen LogP contribution in [0.15, 0.2) is 41.4 Å². The van der Waals surface area contributed by atoms with Crippen LogP contribution in [0.5, 0.6) is 5.75 Å². The number of nitrogens with one attached hydrogen (secondary N) is 1. The lowest BCUT2D eigenvalue weighted by atomic mass is 9.96. The van der Waals surface area contributed by atoms with Crippen LogP contribution in [-0.4, -0.2) is 32.3 Å². The molecule has 1 aliphatic rings. The van der Waals surface area contributed by atoms with Crippen molar-refractivity contribution < 1.29 is 9.53 Å².